The van der Waals surface area contributed by atoms with Crippen LogP contribution in [0.15, 0.2) is 41.4 Å². The van der Waals surface area contributed by atoms with E-state index in [4.69, 9.17) is 4.74 Å². The number of hydrogen-bond donors (Lipinski definition) is 1. The van der Waals surface area contributed by atoms with Crippen LogP contribution in [0.4, 0.5) is 11.5 Å². The van der Waals surface area contributed by atoms with Crippen molar-refractivity contribution in [2.24, 2.45) is 0 Å². The molecule has 24 heavy (non-hydrogen) atoms. The Morgan fingerprint density at radius 1 is 1.08 bits per heavy atom. The molecule has 0 aliphatic carbocycles. The quantitative estimate of drug-likeness (QED) is 0.920. The van der Waals surface area contributed by atoms with Gasteiger partial charge in [0.05, 0.1) is 13.2 Å². The number of nitrogens with zero attached hydrogens (tertiary/aromatic N) is 2. The first-order valence-corrected chi connectivity index (χ1v) is 9.28. The zero-order valence-electron chi connectivity index (χ0n) is 13.8. The number of ether oxygens (including phenoxy) is 1. The van der Waals surface area contributed by atoms with E-state index in [2.05, 4.69) is 16.4 Å². The average Bonchev–Trinajstić information content (AvgIpc) is 2.55. The van der Waals surface area contributed by atoms with Crippen LogP contribution < -0.4 is 5.32 Å². The van der Waals surface area contributed by atoms with Gasteiger partial charge in [-0.15, -0.1) is 0 Å². The van der Waals surface area contributed by atoms with Gasteiger partial charge in [0.2, 0.25) is 10.0 Å². The first-order valence-electron chi connectivity index (χ1n) is 7.84. The number of nitrogens with one attached hydrogen (secondary N) is 1. The van der Waals surface area contributed by atoms with Crippen LogP contribution in [-0.2, 0) is 14.8 Å². The molecule has 7 heteroatoms. The van der Waals surface area contributed by atoms with Gasteiger partial charge in [0, 0.05) is 25.0 Å². The van der Waals surface area contributed by atoms with Crippen LogP contribution >= 0.6 is 0 Å². The molecule has 0 unspecified atom stereocenters. The predicted octanol–water partition coefficient (Wildman–Crippen LogP) is 2.46. The molecule has 6 nitrogen and oxygen atoms in total. The summed E-state index contributed by atoms with van der Waals surface area (Å²) in [5.74, 6) is 0.612. The smallest absolute Gasteiger partial charge is 0.244 e. The Morgan fingerprint density at radius 3 is 2.33 bits per heavy atom. The third-order valence-corrected chi connectivity index (χ3v) is 5.72. The minimum atomic E-state index is -3.50. The van der Waals surface area contributed by atoms with Crippen LogP contribution in [0, 0.1) is 13.8 Å². The van der Waals surface area contributed by atoms with Gasteiger partial charge in [0.25, 0.3) is 0 Å². The standard InChI is InChI=1S/C17H21N3O3S/c1-13-9-14(2)11-15(10-13)19-17-4-3-16(12-18-17)24(21,22)20-5-7-23-8-6-20/h3-4,9-12H,5-8H2,1-2H3,(H,18,19). The third-order valence-electron chi connectivity index (χ3n) is 3.84. The molecular formula is C17H21N3O3S. The van der Waals surface area contributed by atoms with Crippen LogP contribution in [0.2, 0.25) is 0 Å². The number of hydrogen-bond acceptors (Lipinski definition) is 5. The number of anilines is 2. The van der Waals surface area contributed by atoms with Crippen molar-refractivity contribution in [1.82, 2.24) is 9.29 Å². The molecule has 0 spiro atoms. The lowest BCUT2D eigenvalue weighted by Gasteiger charge is -2.25. The normalized spacial score (nSPS) is 16.1. The molecule has 0 saturated carbocycles. The second-order valence-corrected chi connectivity index (χ2v) is 7.83. The zero-order chi connectivity index (χ0) is 17.2. The van der Waals surface area contributed by atoms with E-state index < -0.39 is 10.0 Å². The summed E-state index contributed by atoms with van der Waals surface area (Å²) in [7, 11) is -3.50. The van der Waals surface area contributed by atoms with E-state index in [-0.39, 0.29) is 4.90 Å². The second kappa shape index (κ2) is 6.88. The fraction of sp³-hybridized carbons (Fsp3) is 0.353. The molecule has 2 heterocycles. The SMILES string of the molecule is Cc1cc(C)cc(Nc2ccc(S(=O)(=O)N3CCOCC3)cn2)c1. The lowest BCUT2D eigenvalue weighted by Crippen LogP contribution is -2.40. The van der Waals surface area contributed by atoms with Crippen LogP contribution in [0.1, 0.15) is 11.1 Å². The molecule has 1 saturated heterocycles. The van der Waals surface area contributed by atoms with Crippen molar-refractivity contribution in [2.75, 3.05) is 31.6 Å². The van der Waals surface area contributed by atoms with Gasteiger partial charge in [-0.25, -0.2) is 13.4 Å². The Kier molecular flexibility index (Phi) is 4.84. The molecule has 2 aromatic rings. The van der Waals surface area contributed by atoms with Gasteiger partial charge in [-0.05, 0) is 49.2 Å². The summed E-state index contributed by atoms with van der Waals surface area (Å²) in [6.07, 6.45) is 1.40. The summed E-state index contributed by atoms with van der Waals surface area (Å²) in [4.78, 5) is 4.45. The molecule has 128 valence electrons. The van der Waals surface area contributed by atoms with Gasteiger partial charge in [-0.3, -0.25) is 0 Å². The van der Waals surface area contributed by atoms with E-state index in [1.54, 1.807) is 12.1 Å². The molecule has 1 fully saturated rings. The summed E-state index contributed by atoms with van der Waals surface area (Å²) in [6, 6.07) is 9.41. The Bertz CT molecular complexity index is 793. The molecular weight excluding hydrogens is 326 g/mol. The predicted molar refractivity (Wildman–Crippen MR) is 93.0 cm³/mol. The van der Waals surface area contributed by atoms with Crippen molar-refractivity contribution < 1.29 is 13.2 Å². The molecule has 0 atom stereocenters. The fourth-order valence-electron chi connectivity index (χ4n) is 2.74. The maximum atomic E-state index is 12.6. The molecule has 1 aliphatic rings. The van der Waals surface area contributed by atoms with E-state index in [0.717, 1.165) is 16.8 Å². The summed E-state index contributed by atoms with van der Waals surface area (Å²) in [5.41, 5.74) is 3.25. The molecule has 0 bridgehead atoms. The van der Waals surface area contributed by atoms with Gasteiger partial charge in [0.1, 0.15) is 10.7 Å². The van der Waals surface area contributed by atoms with Gasteiger partial charge < -0.3 is 10.1 Å². The molecule has 0 radical (unpaired) electrons. The largest absolute Gasteiger partial charge is 0.379 e. The van der Waals surface area contributed by atoms with Crippen LogP contribution in [0.5, 0.6) is 0 Å². The maximum Gasteiger partial charge on any atom is 0.244 e. The highest BCUT2D eigenvalue weighted by Crippen LogP contribution is 2.21. The van der Waals surface area contributed by atoms with E-state index in [1.807, 2.05) is 26.0 Å². The second-order valence-electron chi connectivity index (χ2n) is 5.90. The topological polar surface area (TPSA) is 71.5 Å². The minimum Gasteiger partial charge on any atom is -0.379 e. The number of aryl methyl sites for hydroxylation is 2. The summed E-state index contributed by atoms with van der Waals surface area (Å²) in [6.45, 7) is 5.68. The monoisotopic (exact) mass is 347 g/mol. The van der Waals surface area contributed by atoms with E-state index >= 15 is 0 Å². The maximum absolute atomic E-state index is 12.6. The number of benzene rings is 1. The van der Waals surface area contributed by atoms with Gasteiger partial charge >= 0.3 is 0 Å². The summed E-state index contributed by atoms with van der Waals surface area (Å²) < 4.78 is 31.8. The molecule has 1 aromatic carbocycles. The number of pyridine rings is 1. The third kappa shape index (κ3) is 3.75. The number of rotatable bonds is 4. The highest BCUT2D eigenvalue weighted by molar-refractivity contribution is 7.89. The summed E-state index contributed by atoms with van der Waals surface area (Å²) >= 11 is 0. The Morgan fingerprint density at radius 2 is 1.75 bits per heavy atom. The average molecular weight is 347 g/mol. The first kappa shape index (κ1) is 16.9. The van der Waals surface area contributed by atoms with Crippen molar-refractivity contribution in [1.29, 1.82) is 0 Å². The Balaban J connectivity index is 1.77. The van der Waals surface area contributed by atoms with Crippen molar-refractivity contribution >= 4 is 21.5 Å². The van der Waals surface area contributed by atoms with Gasteiger partial charge in [0.15, 0.2) is 0 Å². The van der Waals surface area contributed by atoms with Gasteiger partial charge in [-0.2, -0.15) is 4.31 Å². The van der Waals surface area contributed by atoms with Crippen LogP contribution in [0.3, 0.4) is 0 Å². The van der Waals surface area contributed by atoms with E-state index in [0.29, 0.717) is 32.1 Å². The van der Waals surface area contributed by atoms with Crippen molar-refractivity contribution in [3.63, 3.8) is 0 Å². The summed E-state index contributed by atoms with van der Waals surface area (Å²) in [5, 5.41) is 3.20. The van der Waals surface area contributed by atoms with Crippen LogP contribution in [0.25, 0.3) is 0 Å². The van der Waals surface area contributed by atoms with E-state index in [9.17, 15) is 8.42 Å². The minimum absolute atomic E-state index is 0.204. The van der Waals surface area contributed by atoms with E-state index in [1.165, 1.54) is 10.5 Å². The Labute approximate surface area is 142 Å². The van der Waals surface area contributed by atoms with Crippen LogP contribution in [-0.4, -0.2) is 44.0 Å². The first-order chi connectivity index (χ1) is 11.4. The number of morpholine rings is 1. The molecule has 0 amide bonds. The molecule has 1 N–H and O–H groups in total. The highest BCUT2D eigenvalue weighted by atomic mass is 32.2. The van der Waals surface area contributed by atoms with Gasteiger partial charge in [-0.1, -0.05) is 6.07 Å². The lowest BCUT2D eigenvalue weighted by molar-refractivity contribution is 0.0730. The van der Waals surface area contributed by atoms with Crippen molar-refractivity contribution in [3.05, 3.63) is 47.7 Å². The lowest BCUT2D eigenvalue weighted by atomic mass is 10.1. The Hall–Kier alpha value is -1.96. The zero-order valence-corrected chi connectivity index (χ0v) is 14.6. The highest BCUT2D eigenvalue weighted by Gasteiger charge is 2.26. The number of aromatic nitrogens is 1. The molecule has 1 aromatic heterocycles. The van der Waals surface area contributed by atoms with Crippen molar-refractivity contribution in [2.45, 2.75) is 18.7 Å². The fourth-order valence-corrected chi connectivity index (χ4v) is 4.09. The van der Waals surface area contributed by atoms with Crippen molar-refractivity contribution in [3.8, 4) is 0 Å². The molecule has 3 rings (SSSR count). The molecule has 1 aliphatic heterocycles. The number of sulfonamides is 1.